The quantitative estimate of drug-likeness (QED) is 0.0519. The third-order valence-corrected chi connectivity index (χ3v) is 7.67. The molecule has 0 unspecified atom stereocenters. The Bertz CT molecular complexity index is 1490. The summed E-state index contributed by atoms with van der Waals surface area (Å²) in [5, 5.41) is 0. The molecule has 0 spiro atoms. The number of allylic oxidation sites excluding steroid dienone is 1. The molecular formula is C40H44O5. The van der Waals surface area contributed by atoms with E-state index in [9.17, 15) is 9.59 Å². The summed E-state index contributed by atoms with van der Waals surface area (Å²) >= 11 is 0. The number of carbonyl (C=O) groups is 2. The third-order valence-electron chi connectivity index (χ3n) is 7.67. The number of hydrogen-bond donors (Lipinski definition) is 0. The van der Waals surface area contributed by atoms with Crippen LogP contribution in [0, 0.1) is 0 Å². The van der Waals surface area contributed by atoms with Crippen molar-refractivity contribution in [2.24, 2.45) is 0 Å². The van der Waals surface area contributed by atoms with Crippen LogP contribution in [-0.2, 0) is 4.74 Å². The Hall–Kier alpha value is -4.64. The molecule has 0 heterocycles. The molecule has 0 amide bonds. The SMILES string of the molecule is C=CCCCCOc1ccc(-c2ccc(C(=O)Oc3ccc(-c4ccc(C(=O)O[C@H](C)CCCCCC)cc4)cc3)cc2)cc1. The zero-order valence-corrected chi connectivity index (χ0v) is 26.5. The van der Waals surface area contributed by atoms with Gasteiger partial charge in [-0.2, -0.15) is 0 Å². The van der Waals surface area contributed by atoms with Crippen molar-refractivity contribution in [3.05, 3.63) is 121 Å². The van der Waals surface area contributed by atoms with E-state index in [2.05, 4.69) is 13.5 Å². The second kappa shape index (κ2) is 17.6. The van der Waals surface area contributed by atoms with Gasteiger partial charge < -0.3 is 14.2 Å². The second-order valence-corrected chi connectivity index (χ2v) is 11.3. The molecule has 0 bridgehead atoms. The molecule has 45 heavy (non-hydrogen) atoms. The highest BCUT2D eigenvalue weighted by Crippen LogP contribution is 2.26. The minimum Gasteiger partial charge on any atom is -0.494 e. The van der Waals surface area contributed by atoms with Gasteiger partial charge in [-0.05, 0) is 110 Å². The Labute approximate surface area is 267 Å². The van der Waals surface area contributed by atoms with Crippen molar-refractivity contribution in [2.45, 2.75) is 71.3 Å². The zero-order valence-electron chi connectivity index (χ0n) is 26.5. The minimum atomic E-state index is -0.419. The van der Waals surface area contributed by atoms with E-state index >= 15 is 0 Å². The number of unbranched alkanes of at least 4 members (excludes halogenated alkanes) is 5. The van der Waals surface area contributed by atoms with Gasteiger partial charge in [-0.15, -0.1) is 6.58 Å². The van der Waals surface area contributed by atoms with Crippen LogP contribution in [0.3, 0.4) is 0 Å². The zero-order chi connectivity index (χ0) is 31.9. The Morgan fingerprint density at radius 2 is 1.16 bits per heavy atom. The molecule has 0 aliphatic heterocycles. The molecule has 234 valence electrons. The molecule has 4 aromatic carbocycles. The van der Waals surface area contributed by atoms with Gasteiger partial charge in [0.1, 0.15) is 11.5 Å². The Morgan fingerprint density at radius 1 is 0.644 bits per heavy atom. The maximum atomic E-state index is 12.8. The molecule has 0 radical (unpaired) electrons. The third kappa shape index (κ3) is 10.5. The predicted molar refractivity (Wildman–Crippen MR) is 182 cm³/mol. The summed E-state index contributed by atoms with van der Waals surface area (Å²) in [6.45, 7) is 8.57. The lowest BCUT2D eigenvalue weighted by Gasteiger charge is -2.13. The Morgan fingerprint density at radius 3 is 1.69 bits per heavy atom. The van der Waals surface area contributed by atoms with E-state index in [1.807, 2.05) is 73.7 Å². The summed E-state index contributed by atoms with van der Waals surface area (Å²) in [6, 6.07) is 30.1. The van der Waals surface area contributed by atoms with Gasteiger partial charge in [0.2, 0.25) is 0 Å². The maximum Gasteiger partial charge on any atom is 0.343 e. The lowest BCUT2D eigenvalue weighted by atomic mass is 10.0. The standard InChI is InChI=1S/C40H44O5/c1-4-6-8-10-12-30(3)44-39(41)35-17-13-32(14-18-35)34-23-27-38(28-24-34)45-40(42)36-19-15-31(16-20-36)33-21-25-37(26-22-33)43-29-11-9-7-5-2/h5,13-28,30H,2,4,6-12,29H2,1,3H3/t30-/m1/s1. The van der Waals surface area contributed by atoms with Gasteiger partial charge >= 0.3 is 11.9 Å². The van der Waals surface area contributed by atoms with Crippen LogP contribution in [0.2, 0.25) is 0 Å². The monoisotopic (exact) mass is 604 g/mol. The van der Waals surface area contributed by atoms with Gasteiger partial charge in [0, 0.05) is 0 Å². The average molecular weight is 605 g/mol. The van der Waals surface area contributed by atoms with Crippen molar-refractivity contribution in [2.75, 3.05) is 6.61 Å². The van der Waals surface area contributed by atoms with Crippen molar-refractivity contribution in [1.29, 1.82) is 0 Å². The van der Waals surface area contributed by atoms with E-state index in [1.165, 1.54) is 19.3 Å². The van der Waals surface area contributed by atoms with Gasteiger partial charge in [-0.1, -0.05) is 80.8 Å². The molecule has 0 aliphatic rings. The molecule has 0 N–H and O–H groups in total. The highest BCUT2D eigenvalue weighted by atomic mass is 16.5. The van der Waals surface area contributed by atoms with Gasteiger partial charge in [0.15, 0.2) is 0 Å². The highest BCUT2D eigenvalue weighted by Gasteiger charge is 2.13. The largest absolute Gasteiger partial charge is 0.494 e. The molecule has 0 saturated carbocycles. The fourth-order valence-corrected chi connectivity index (χ4v) is 4.97. The lowest BCUT2D eigenvalue weighted by Crippen LogP contribution is -2.15. The second-order valence-electron chi connectivity index (χ2n) is 11.3. The summed E-state index contributed by atoms with van der Waals surface area (Å²) < 4.78 is 17.0. The van der Waals surface area contributed by atoms with Crippen LogP contribution < -0.4 is 9.47 Å². The van der Waals surface area contributed by atoms with Gasteiger partial charge in [0.25, 0.3) is 0 Å². The topological polar surface area (TPSA) is 61.8 Å². The first-order valence-corrected chi connectivity index (χ1v) is 16.0. The van der Waals surface area contributed by atoms with Crippen LogP contribution in [0.5, 0.6) is 11.5 Å². The van der Waals surface area contributed by atoms with Crippen LogP contribution in [-0.4, -0.2) is 24.6 Å². The van der Waals surface area contributed by atoms with Crippen molar-refractivity contribution >= 4 is 11.9 Å². The molecule has 0 aromatic heterocycles. The van der Waals surface area contributed by atoms with Gasteiger partial charge in [-0.3, -0.25) is 0 Å². The Kier molecular flexibility index (Phi) is 13.0. The summed E-state index contributed by atoms with van der Waals surface area (Å²) in [5.74, 6) is 0.588. The Balaban J connectivity index is 1.26. The number of esters is 2. The average Bonchev–Trinajstić information content (AvgIpc) is 3.07. The van der Waals surface area contributed by atoms with Crippen LogP contribution in [0.15, 0.2) is 110 Å². The van der Waals surface area contributed by atoms with Crippen LogP contribution in [0.1, 0.15) is 85.9 Å². The highest BCUT2D eigenvalue weighted by molar-refractivity contribution is 5.92. The van der Waals surface area contributed by atoms with Crippen molar-refractivity contribution < 1.29 is 23.8 Å². The normalized spacial score (nSPS) is 11.4. The van der Waals surface area contributed by atoms with E-state index in [-0.39, 0.29) is 12.1 Å². The number of rotatable bonds is 17. The van der Waals surface area contributed by atoms with Crippen molar-refractivity contribution in [3.63, 3.8) is 0 Å². The van der Waals surface area contributed by atoms with E-state index in [0.717, 1.165) is 60.1 Å². The van der Waals surface area contributed by atoms with E-state index in [4.69, 9.17) is 14.2 Å². The van der Waals surface area contributed by atoms with Gasteiger partial charge in [0.05, 0.1) is 23.8 Å². The molecular weight excluding hydrogens is 560 g/mol. The lowest BCUT2D eigenvalue weighted by molar-refractivity contribution is 0.0319. The number of ether oxygens (including phenoxy) is 3. The summed E-state index contributed by atoms with van der Waals surface area (Å²) in [5.41, 5.74) is 4.96. The molecule has 1 atom stereocenters. The molecule has 0 saturated heterocycles. The molecule has 4 rings (SSSR count). The van der Waals surface area contributed by atoms with E-state index in [1.54, 1.807) is 36.4 Å². The first kappa shape index (κ1) is 33.3. The number of benzene rings is 4. The minimum absolute atomic E-state index is 0.0948. The first-order chi connectivity index (χ1) is 22.0. The first-order valence-electron chi connectivity index (χ1n) is 16.0. The smallest absolute Gasteiger partial charge is 0.343 e. The maximum absolute atomic E-state index is 12.8. The molecule has 4 aromatic rings. The molecule has 5 nitrogen and oxygen atoms in total. The molecule has 5 heteroatoms. The summed E-state index contributed by atoms with van der Waals surface area (Å²) in [6.07, 6.45) is 10.4. The van der Waals surface area contributed by atoms with Crippen LogP contribution in [0.25, 0.3) is 22.3 Å². The predicted octanol–water partition coefficient (Wildman–Crippen LogP) is 10.5. The van der Waals surface area contributed by atoms with E-state index < -0.39 is 5.97 Å². The fourth-order valence-electron chi connectivity index (χ4n) is 4.97. The van der Waals surface area contributed by atoms with Crippen LogP contribution >= 0.6 is 0 Å². The van der Waals surface area contributed by atoms with E-state index in [0.29, 0.717) is 23.5 Å². The van der Waals surface area contributed by atoms with Crippen molar-refractivity contribution in [3.8, 4) is 33.8 Å². The number of carbonyl (C=O) groups excluding carboxylic acids is 2. The fraction of sp³-hybridized carbons (Fsp3) is 0.300. The molecule has 0 fully saturated rings. The number of hydrogen-bond acceptors (Lipinski definition) is 5. The van der Waals surface area contributed by atoms with Gasteiger partial charge in [-0.25, -0.2) is 9.59 Å². The van der Waals surface area contributed by atoms with Crippen molar-refractivity contribution in [1.82, 2.24) is 0 Å². The van der Waals surface area contributed by atoms with Crippen LogP contribution in [0.4, 0.5) is 0 Å². The summed E-state index contributed by atoms with van der Waals surface area (Å²) in [4.78, 5) is 25.3. The molecule has 0 aliphatic carbocycles. The summed E-state index contributed by atoms with van der Waals surface area (Å²) in [7, 11) is 0.